The van der Waals surface area contributed by atoms with E-state index in [1.807, 2.05) is 6.07 Å². The van der Waals surface area contributed by atoms with Crippen LogP contribution in [0, 0.1) is 11.3 Å². The number of hydrazone groups is 1. The Morgan fingerprint density at radius 2 is 1.96 bits per heavy atom. The average Bonchev–Trinajstić information content (AvgIpc) is 2.60. The molecule has 0 bridgehead atoms. The van der Waals surface area contributed by atoms with Gasteiger partial charge in [0.1, 0.15) is 17.2 Å². The first-order valence-corrected chi connectivity index (χ1v) is 6.98. The highest BCUT2D eigenvalue weighted by molar-refractivity contribution is 6.01. The zero-order chi connectivity index (χ0) is 17.5. The lowest BCUT2D eigenvalue weighted by Gasteiger charge is -2.07. The van der Waals surface area contributed by atoms with E-state index in [9.17, 15) is 15.0 Å². The number of phenolic OH excluding ortho intramolecular Hbond substituents is 2. The number of rotatable bonds is 5. The molecule has 0 aliphatic heterocycles. The summed E-state index contributed by atoms with van der Waals surface area (Å²) < 4.78 is 5.27. The summed E-state index contributed by atoms with van der Waals surface area (Å²) in [7, 11) is 0. The third kappa shape index (κ3) is 4.48. The minimum Gasteiger partial charge on any atom is -0.508 e. The number of nitrogens with zero attached hydrogens (tertiary/aromatic N) is 2. The third-order valence-corrected chi connectivity index (χ3v) is 3.07. The lowest BCUT2D eigenvalue weighted by Crippen LogP contribution is -2.25. The van der Waals surface area contributed by atoms with Gasteiger partial charge in [0.2, 0.25) is 0 Å². The van der Waals surface area contributed by atoms with E-state index < -0.39 is 5.91 Å². The van der Waals surface area contributed by atoms with Gasteiger partial charge >= 0.3 is 0 Å². The van der Waals surface area contributed by atoms with Crippen LogP contribution in [0.15, 0.2) is 47.6 Å². The number of carbonyl (C=O) groups is 1. The molecule has 0 aliphatic carbocycles. The highest BCUT2D eigenvalue weighted by Gasteiger charge is 2.07. The van der Waals surface area contributed by atoms with E-state index >= 15 is 0 Å². The van der Waals surface area contributed by atoms with Gasteiger partial charge in [-0.3, -0.25) is 4.79 Å². The van der Waals surface area contributed by atoms with Crippen LogP contribution in [-0.2, 0) is 4.79 Å². The van der Waals surface area contributed by atoms with Crippen LogP contribution in [-0.4, -0.2) is 28.4 Å². The van der Waals surface area contributed by atoms with Crippen molar-refractivity contribution in [2.24, 2.45) is 5.10 Å². The number of benzene rings is 2. The predicted octanol–water partition coefficient (Wildman–Crippen LogP) is 1.89. The zero-order valence-electron chi connectivity index (χ0n) is 12.9. The van der Waals surface area contributed by atoms with Gasteiger partial charge in [-0.05, 0) is 49.4 Å². The quantitative estimate of drug-likeness (QED) is 0.441. The Morgan fingerprint density at radius 3 is 2.62 bits per heavy atom. The molecule has 0 saturated carbocycles. The molecule has 2 aromatic carbocycles. The molecule has 0 heterocycles. The number of ether oxygens (including phenoxy) is 1. The minimum absolute atomic E-state index is 0.0205. The molecule has 122 valence electrons. The molecule has 0 saturated heterocycles. The van der Waals surface area contributed by atoms with E-state index in [1.165, 1.54) is 18.2 Å². The Balaban J connectivity index is 1.92. The van der Waals surface area contributed by atoms with Crippen LogP contribution in [0.3, 0.4) is 0 Å². The van der Waals surface area contributed by atoms with Crippen molar-refractivity contribution in [3.05, 3.63) is 53.6 Å². The summed E-state index contributed by atoms with van der Waals surface area (Å²) in [6.07, 6.45) is 0. The lowest BCUT2D eigenvalue weighted by atomic mass is 10.1. The van der Waals surface area contributed by atoms with Crippen molar-refractivity contribution < 1.29 is 19.7 Å². The first kappa shape index (κ1) is 16.8. The van der Waals surface area contributed by atoms with Gasteiger partial charge in [-0.1, -0.05) is 0 Å². The van der Waals surface area contributed by atoms with Gasteiger partial charge in [0, 0.05) is 5.56 Å². The van der Waals surface area contributed by atoms with Crippen LogP contribution >= 0.6 is 0 Å². The highest BCUT2D eigenvalue weighted by Crippen LogP contribution is 2.22. The Morgan fingerprint density at radius 1 is 1.25 bits per heavy atom. The molecule has 2 aromatic rings. The second kappa shape index (κ2) is 7.65. The van der Waals surface area contributed by atoms with Crippen molar-refractivity contribution in [2.45, 2.75) is 6.92 Å². The standard InChI is InChI=1S/C17H15N3O4/c1-11(15-8-13(21)4-7-16(15)22)19-20-17(23)10-24-14-5-2-12(9-18)3-6-14/h2-8,21-22H,10H2,1H3,(H,20,23)/b19-11+. The van der Waals surface area contributed by atoms with Crippen molar-refractivity contribution in [2.75, 3.05) is 6.61 Å². The second-order valence-corrected chi connectivity index (χ2v) is 4.86. The molecule has 0 atom stereocenters. The molecule has 3 N–H and O–H groups in total. The molecule has 1 amide bonds. The summed E-state index contributed by atoms with van der Waals surface area (Å²) in [6, 6.07) is 12.3. The summed E-state index contributed by atoms with van der Waals surface area (Å²) >= 11 is 0. The van der Waals surface area contributed by atoms with Crippen molar-refractivity contribution in [3.8, 4) is 23.3 Å². The average molecular weight is 325 g/mol. The summed E-state index contributed by atoms with van der Waals surface area (Å²) in [5, 5.41) is 31.7. The van der Waals surface area contributed by atoms with E-state index in [0.717, 1.165) is 0 Å². The van der Waals surface area contributed by atoms with Crippen molar-refractivity contribution >= 4 is 11.6 Å². The number of aromatic hydroxyl groups is 2. The Labute approximate surface area is 138 Å². The number of phenols is 2. The van der Waals surface area contributed by atoms with Crippen LogP contribution in [0.5, 0.6) is 17.2 Å². The van der Waals surface area contributed by atoms with E-state index in [0.29, 0.717) is 22.6 Å². The summed E-state index contributed by atoms with van der Waals surface area (Å²) in [6.45, 7) is 1.32. The number of nitriles is 1. The monoisotopic (exact) mass is 325 g/mol. The normalized spacial score (nSPS) is 10.8. The van der Waals surface area contributed by atoms with Crippen LogP contribution < -0.4 is 10.2 Å². The maximum atomic E-state index is 11.7. The summed E-state index contributed by atoms with van der Waals surface area (Å²) in [5.74, 6) is -0.112. The fourth-order valence-corrected chi connectivity index (χ4v) is 1.83. The third-order valence-electron chi connectivity index (χ3n) is 3.07. The van der Waals surface area contributed by atoms with E-state index in [1.54, 1.807) is 31.2 Å². The largest absolute Gasteiger partial charge is 0.508 e. The van der Waals surface area contributed by atoms with Gasteiger partial charge in [-0.15, -0.1) is 0 Å². The van der Waals surface area contributed by atoms with E-state index in [2.05, 4.69) is 10.5 Å². The van der Waals surface area contributed by atoms with Crippen molar-refractivity contribution in [3.63, 3.8) is 0 Å². The zero-order valence-corrected chi connectivity index (χ0v) is 12.9. The van der Waals surface area contributed by atoms with Crippen LogP contribution in [0.4, 0.5) is 0 Å². The van der Waals surface area contributed by atoms with Crippen molar-refractivity contribution in [1.82, 2.24) is 5.43 Å². The van der Waals surface area contributed by atoms with Crippen molar-refractivity contribution in [1.29, 1.82) is 5.26 Å². The number of hydrogen-bond acceptors (Lipinski definition) is 6. The van der Waals surface area contributed by atoms with Gasteiger partial charge < -0.3 is 14.9 Å². The lowest BCUT2D eigenvalue weighted by molar-refractivity contribution is -0.123. The number of hydrogen-bond donors (Lipinski definition) is 3. The van der Waals surface area contributed by atoms with E-state index in [4.69, 9.17) is 10.00 Å². The van der Waals surface area contributed by atoms with Crippen LogP contribution in [0.25, 0.3) is 0 Å². The first-order valence-electron chi connectivity index (χ1n) is 6.98. The number of nitrogens with one attached hydrogen (secondary N) is 1. The molecule has 24 heavy (non-hydrogen) atoms. The fraction of sp³-hybridized carbons (Fsp3) is 0.118. The SMILES string of the molecule is C/C(=N\NC(=O)COc1ccc(C#N)cc1)c1cc(O)ccc1O. The molecule has 7 heteroatoms. The molecule has 0 fully saturated rings. The maximum Gasteiger partial charge on any atom is 0.277 e. The Hall–Kier alpha value is -3.53. The number of amides is 1. The fourth-order valence-electron chi connectivity index (χ4n) is 1.83. The van der Waals surface area contributed by atoms with Crippen LogP contribution in [0.2, 0.25) is 0 Å². The van der Waals surface area contributed by atoms with Gasteiger partial charge in [-0.2, -0.15) is 10.4 Å². The first-order chi connectivity index (χ1) is 11.5. The summed E-state index contributed by atoms with van der Waals surface area (Å²) in [5.41, 5.74) is 3.43. The topological polar surface area (TPSA) is 115 Å². The highest BCUT2D eigenvalue weighted by atomic mass is 16.5. The predicted molar refractivity (Wildman–Crippen MR) is 86.8 cm³/mol. The maximum absolute atomic E-state index is 11.7. The molecular weight excluding hydrogens is 310 g/mol. The van der Waals surface area contributed by atoms with Crippen LogP contribution in [0.1, 0.15) is 18.1 Å². The molecule has 0 radical (unpaired) electrons. The Kier molecular flexibility index (Phi) is 5.36. The molecule has 0 spiro atoms. The molecule has 0 aromatic heterocycles. The molecule has 0 aliphatic rings. The van der Waals surface area contributed by atoms with Gasteiger partial charge in [0.05, 0.1) is 17.3 Å². The van der Waals surface area contributed by atoms with E-state index in [-0.39, 0.29) is 18.1 Å². The minimum atomic E-state index is -0.488. The van der Waals surface area contributed by atoms with Gasteiger partial charge in [-0.25, -0.2) is 5.43 Å². The molecular formula is C17H15N3O4. The summed E-state index contributed by atoms with van der Waals surface area (Å²) in [4.78, 5) is 11.7. The Bertz CT molecular complexity index is 808. The number of carbonyl (C=O) groups excluding carboxylic acids is 1. The van der Waals surface area contributed by atoms with Gasteiger partial charge in [0.25, 0.3) is 5.91 Å². The smallest absolute Gasteiger partial charge is 0.277 e. The second-order valence-electron chi connectivity index (χ2n) is 4.86. The molecule has 7 nitrogen and oxygen atoms in total. The van der Waals surface area contributed by atoms with Gasteiger partial charge in [0.15, 0.2) is 6.61 Å². The molecule has 0 unspecified atom stereocenters. The molecule has 2 rings (SSSR count).